The van der Waals surface area contributed by atoms with Gasteiger partial charge >= 0.3 is 0 Å². The zero-order valence-electron chi connectivity index (χ0n) is 11.1. The lowest BCUT2D eigenvalue weighted by molar-refractivity contribution is 0.333. The van der Waals surface area contributed by atoms with Crippen molar-refractivity contribution in [2.75, 3.05) is 0 Å². The van der Waals surface area contributed by atoms with E-state index in [1.54, 1.807) is 12.1 Å². The third-order valence-corrected chi connectivity index (χ3v) is 2.84. The SMILES string of the molecule is CC(C)(C)n1ncc(Oc2ccccc2)c(Cl)c1=O. The highest BCUT2D eigenvalue weighted by atomic mass is 35.5. The number of aromatic nitrogens is 2. The largest absolute Gasteiger partial charge is 0.454 e. The lowest BCUT2D eigenvalue weighted by Gasteiger charge is -2.21. The number of hydrogen-bond acceptors (Lipinski definition) is 3. The zero-order chi connectivity index (χ0) is 14.0. The van der Waals surface area contributed by atoms with E-state index in [1.165, 1.54) is 10.9 Å². The van der Waals surface area contributed by atoms with Gasteiger partial charge in [0.15, 0.2) is 10.8 Å². The van der Waals surface area contributed by atoms with E-state index < -0.39 is 5.54 Å². The number of rotatable bonds is 2. The van der Waals surface area contributed by atoms with E-state index in [2.05, 4.69) is 5.10 Å². The van der Waals surface area contributed by atoms with E-state index in [-0.39, 0.29) is 16.3 Å². The summed E-state index contributed by atoms with van der Waals surface area (Å²) in [5.74, 6) is 0.873. The van der Waals surface area contributed by atoms with Gasteiger partial charge in [0.25, 0.3) is 5.56 Å². The summed E-state index contributed by atoms with van der Waals surface area (Å²) in [5.41, 5.74) is -0.783. The fourth-order valence-corrected chi connectivity index (χ4v) is 1.75. The van der Waals surface area contributed by atoms with E-state index in [0.717, 1.165) is 0 Å². The third-order valence-electron chi connectivity index (χ3n) is 2.49. The van der Waals surface area contributed by atoms with Gasteiger partial charge in [0.05, 0.1) is 11.7 Å². The van der Waals surface area contributed by atoms with Gasteiger partial charge in [0, 0.05) is 0 Å². The second kappa shape index (κ2) is 5.05. The van der Waals surface area contributed by atoms with Crippen molar-refractivity contribution in [2.24, 2.45) is 0 Å². The van der Waals surface area contributed by atoms with E-state index in [9.17, 15) is 4.79 Å². The average molecular weight is 279 g/mol. The summed E-state index contributed by atoms with van der Waals surface area (Å²) < 4.78 is 6.89. The van der Waals surface area contributed by atoms with Crippen LogP contribution in [0.15, 0.2) is 41.3 Å². The average Bonchev–Trinajstić information content (AvgIpc) is 2.35. The van der Waals surface area contributed by atoms with Crippen LogP contribution in [0.5, 0.6) is 11.5 Å². The summed E-state index contributed by atoms with van der Waals surface area (Å²) in [5, 5.41) is 4.14. The zero-order valence-corrected chi connectivity index (χ0v) is 11.8. The fraction of sp³-hybridized carbons (Fsp3) is 0.286. The summed E-state index contributed by atoms with van der Waals surface area (Å²) in [6, 6.07) is 9.13. The van der Waals surface area contributed by atoms with E-state index in [1.807, 2.05) is 39.0 Å². The molecule has 0 saturated carbocycles. The molecule has 4 nitrogen and oxygen atoms in total. The first-order valence-corrected chi connectivity index (χ1v) is 6.28. The number of benzene rings is 1. The highest BCUT2D eigenvalue weighted by molar-refractivity contribution is 6.31. The van der Waals surface area contributed by atoms with Crippen LogP contribution in [-0.4, -0.2) is 9.78 Å². The molecule has 0 radical (unpaired) electrons. The summed E-state index contributed by atoms with van der Waals surface area (Å²) >= 11 is 6.06. The Kier molecular flexibility index (Phi) is 3.62. The van der Waals surface area contributed by atoms with Gasteiger partial charge < -0.3 is 4.74 Å². The summed E-state index contributed by atoms with van der Waals surface area (Å²) in [6.07, 6.45) is 1.46. The number of halogens is 1. The Morgan fingerprint density at radius 1 is 1.21 bits per heavy atom. The van der Waals surface area contributed by atoms with Gasteiger partial charge in [-0.25, -0.2) is 4.68 Å². The molecule has 0 spiro atoms. The summed E-state index contributed by atoms with van der Waals surface area (Å²) in [4.78, 5) is 12.1. The Labute approximate surface area is 116 Å². The molecule has 5 heteroatoms. The summed E-state index contributed by atoms with van der Waals surface area (Å²) in [7, 11) is 0. The maximum Gasteiger partial charge on any atom is 0.289 e. The molecular formula is C14H15ClN2O2. The molecule has 0 unspecified atom stereocenters. The molecule has 0 N–H and O–H groups in total. The van der Waals surface area contributed by atoms with E-state index >= 15 is 0 Å². The molecule has 19 heavy (non-hydrogen) atoms. The van der Waals surface area contributed by atoms with Gasteiger partial charge in [-0.3, -0.25) is 4.79 Å². The lowest BCUT2D eigenvalue weighted by Crippen LogP contribution is -2.36. The minimum atomic E-state index is -0.425. The molecule has 2 aromatic rings. The first-order valence-electron chi connectivity index (χ1n) is 5.91. The molecule has 0 atom stereocenters. The predicted octanol–water partition coefficient (Wildman–Crippen LogP) is 3.44. The Balaban J connectivity index is 2.40. The Morgan fingerprint density at radius 3 is 2.42 bits per heavy atom. The molecule has 2 rings (SSSR count). The number of nitrogens with zero attached hydrogens (tertiary/aromatic N) is 2. The van der Waals surface area contributed by atoms with Gasteiger partial charge in [0.2, 0.25) is 0 Å². The highest BCUT2D eigenvalue weighted by Crippen LogP contribution is 2.26. The van der Waals surface area contributed by atoms with E-state index in [0.29, 0.717) is 5.75 Å². The van der Waals surface area contributed by atoms with Crippen LogP contribution in [0.4, 0.5) is 0 Å². The molecule has 0 bridgehead atoms. The first-order chi connectivity index (χ1) is 8.89. The minimum Gasteiger partial charge on any atom is -0.454 e. The minimum absolute atomic E-state index is 0.0359. The second-order valence-corrected chi connectivity index (χ2v) is 5.50. The molecule has 0 fully saturated rings. The van der Waals surface area contributed by atoms with Crippen LogP contribution >= 0.6 is 11.6 Å². The smallest absolute Gasteiger partial charge is 0.289 e. The van der Waals surface area contributed by atoms with Gasteiger partial charge in [-0.1, -0.05) is 29.8 Å². The molecule has 1 aromatic heterocycles. The Morgan fingerprint density at radius 2 is 1.84 bits per heavy atom. The maximum absolute atomic E-state index is 12.1. The fourth-order valence-electron chi connectivity index (χ4n) is 1.58. The third kappa shape index (κ3) is 2.96. The van der Waals surface area contributed by atoms with E-state index in [4.69, 9.17) is 16.3 Å². The van der Waals surface area contributed by atoms with Crippen molar-refractivity contribution in [1.29, 1.82) is 0 Å². The van der Waals surface area contributed by atoms with Crippen molar-refractivity contribution >= 4 is 11.6 Å². The van der Waals surface area contributed by atoms with Crippen molar-refractivity contribution in [3.63, 3.8) is 0 Å². The number of para-hydroxylation sites is 1. The normalized spacial score (nSPS) is 11.4. The molecule has 1 aromatic carbocycles. The highest BCUT2D eigenvalue weighted by Gasteiger charge is 2.20. The van der Waals surface area contributed by atoms with Crippen LogP contribution in [0.2, 0.25) is 5.02 Å². The Hall–Kier alpha value is -1.81. The molecule has 0 aliphatic carbocycles. The second-order valence-electron chi connectivity index (χ2n) is 5.13. The van der Waals surface area contributed by atoms with Crippen LogP contribution in [0.1, 0.15) is 20.8 Å². The van der Waals surface area contributed by atoms with Crippen molar-refractivity contribution < 1.29 is 4.74 Å². The van der Waals surface area contributed by atoms with Crippen LogP contribution < -0.4 is 10.3 Å². The van der Waals surface area contributed by atoms with Crippen LogP contribution in [0.25, 0.3) is 0 Å². The quantitative estimate of drug-likeness (QED) is 0.845. The molecule has 0 aliphatic rings. The summed E-state index contributed by atoms with van der Waals surface area (Å²) in [6.45, 7) is 5.65. The molecule has 0 saturated heterocycles. The van der Waals surface area contributed by atoms with Gasteiger partial charge in [-0.15, -0.1) is 0 Å². The topological polar surface area (TPSA) is 44.1 Å². The molecule has 100 valence electrons. The number of hydrogen-bond donors (Lipinski definition) is 0. The van der Waals surface area contributed by atoms with Crippen molar-refractivity contribution in [2.45, 2.75) is 26.3 Å². The van der Waals surface area contributed by atoms with Gasteiger partial charge in [0.1, 0.15) is 5.75 Å². The van der Waals surface area contributed by atoms with Gasteiger partial charge in [-0.05, 0) is 32.9 Å². The standard InChI is InChI=1S/C14H15ClN2O2/c1-14(2,3)17-13(18)12(15)11(9-16-17)19-10-7-5-4-6-8-10/h4-9H,1-3H3. The van der Waals surface area contributed by atoms with Crippen LogP contribution in [-0.2, 0) is 5.54 Å². The monoisotopic (exact) mass is 278 g/mol. The molecular weight excluding hydrogens is 264 g/mol. The van der Waals surface area contributed by atoms with Crippen LogP contribution in [0, 0.1) is 0 Å². The van der Waals surface area contributed by atoms with Gasteiger partial charge in [-0.2, -0.15) is 5.10 Å². The maximum atomic E-state index is 12.1. The molecule has 1 heterocycles. The number of ether oxygens (including phenoxy) is 1. The lowest BCUT2D eigenvalue weighted by atomic mass is 10.1. The molecule has 0 amide bonds. The molecule has 0 aliphatic heterocycles. The van der Waals surface area contributed by atoms with Crippen molar-refractivity contribution in [3.05, 3.63) is 51.9 Å². The van der Waals surface area contributed by atoms with Crippen molar-refractivity contribution in [3.8, 4) is 11.5 Å². The van der Waals surface area contributed by atoms with Crippen LogP contribution in [0.3, 0.4) is 0 Å². The van der Waals surface area contributed by atoms with Crippen molar-refractivity contribution in [1.82, 2.24) is 9.78 Å². The Bertz CT molecular complexity index is 630. The first kappa shape index (κ1) is 13.6. The predicted molar refractivity (Wildman–Crippen MR) is 75.0 cm³/mol.